The smallest absolute Gasteiger partial charge is 0.0829 e. The summed E-state index contributed by atoms with van der Waals surface area (Å²) in [4.78, 5) is 0. The standard InChI is InChI=1S/C4H6O.C2H3Cl/c1-3-5-4-2;1-2-3/h3-4H,1-2H2;2H,1H2. The van der Waals surface area contributed by atoms with Crippen molar-refractivity contribution >= 4 is 11.6 Å². The van der Waals surface area contributed by atoms with E-state index in [9.17, 15) is 0 Å². The molecule has 2 heteroatoms. The minimum atomic E-state index is 1.22. The molecule has 0 N–H and O–H groups in total. The summed E-state index contributed by atoms with van der Waals surface area (Å²) in [7, 11) is 0. The van der Waals surface area contributed by atoms with Crippen LogP contribution in [0, 0.1) is 0 Å². The van der Waals surface area contributed by atoms with Crippen LogP contribution in [0.4, 0.5) is 0 Å². The summed E-state index contributed by atoms with van der Waals surface area (Å²) in [6.07, 6.45) is 2.62. The van der Waals surface area contributed by atoms with E-state index in [4.69, 9.17) is 11.6 Å². The van der Waals surface area contributed by atoms with Crippen LogP contribution in [0.15, 0.2) is 37.8 Å². The van der Waals surface area contributed by atoms with Gasteiger partial charge in [-0.05, 0) is 5.54 Å². The molecule has 0 saturated carbocycles. The Balaban J connectivity index is 0. The van der Waals surface area contributed by atoms with Gasteiger partial charge in [-0.2, -0.15) is 0 Å². The molecule has 46 valence electrons. The monoisotopic (exact) mass is 132 g/mol. The quantitative estimate of drug-likeness (QED) is 0.525. The van der Waals surface area contributed by atoms with Crippen molar-refractivity contribution in [3.63, 3.8) is 0 Å². The molecule has 0 rings (SSSR count). The SMILES string of the molecule is C=CCl.C=COC=C. The minimum Gasteiger partial charge on any atom is -0.474 e. The Hall–Kier alpha value is -0.690. The lowest BCUT2D eigenvalue weighted by Gasteiger charge is -1.76. The molecule has 1 nitrogen and oxygen atoms in total. The summed E-state index contributed by atoms with van der Waals surface area (Å²) in [6.45, 7) is 9.64. The summed E-state index contributed by atoms with van der Waals surface area (Å²) in [5.41, 5.74) is 1.22. The maximum Gasteiger partial charge on any atom is 0.0829 e. The fourth-order valence-electron chi connectivity index (χ4n) is 0.0680. The van der Waals surface area contributed by atoms with Crippen molar-refractivity contribution in [2.45, 2.75) is 0 Å². The van der Waals surface area contributed by atoms with Crippen LogP contribution in [-0.2, 0) is 4.74 Å². The average Bonchev–Trinajstić information content (AvgIpc) is 1.71. The predicted octanol–water partition coefficient (Wildman–Crippen LogP) is 2.66. The first-order chi connectivity index (χ1) is 3.83. The van der Waals surface area contributed by atoms with Crippen LogP contribution in [-0.4, -0.2) is 0 Å². The van der Waals surface area contributed by atoms with E-state index in [-0.39, 0.29) is 0 Å². The van der Waals surface area contributed by atoms with Gasteiger partial charge in [-0.25, -0.2) is 0 Å². The van der Waals surface area contributed by atoms with Crippen molar-refractivity contribution < 1.29 is 4.74 Å². The van der Waals surface area contributed by atoms with Crippen LogP contribution in [0.25, 0.3) is 0 Å². The van der Waals surface area contributed by atoms with Crippen LogP contribution >= 0.6 is 11.6 Å². The summed E-state index contributed by atoms with van der Waals surface area (Å²) in [5.74, 6) is 0. The highest BCUT2D eigenvalue weighted by molar-refractivity contribution is 6.25. The normalized spacial score (nSPS) is 5.12. The maximum atomic E-state index is 4.76. The van der Waals surface area contributed by atoms with Gasteiger partial charge in [0.25, 0.3) is 0 Å². The largest absolute Gasteiger partial charge is 0.474 e. The van der Waals surface area contributed by atoms with Gasteiger partial charge in [-0.3, -0.25) is 0 Å². The molecule has 0 aromatic heterocycles. The van der Waals surface area contributed by atoms with Crippen molar-refractivity contribution in [1.82, 2.24) is 0 Å². The van der Waals surface area contributed by atoms with Gasteiger partial charge in [-0.1, -0.05) is 31.3 Å². The zero-order chi connectivity index (χ0) is 6.83. The molecule has 0 aromatic rings. The second kappa shape index (κ2) is 16.2. The van der Waals surface area contributed by atoms with Gasteiger partial charge in [0.15, 0.2) is 0 Å². The van der Waals surface area contributed by atoms with Gasteiger partial charge in [0.2, 0.25) is 0 Å². The highest BCUT2D eigenvalue weighted by atomic mass is 35.5. The third kappa shape index (κ3) is 57.5. The van der Waals surface area contributed by atoms with Gasteiger partial charge in [0.1, 0.15) is 0 Å². The molecule has 0 aliphatic carbocycles. The van der Waals surface area contributed by atoms with E-state index < -0.39 is 0 Å². The molecule has 0 unspecified atom stereocenters. The predicted molar refractivity (Wildman–Crippen MR) is 37.5 cm³/mol. The van der Waals surface area contributed by atoms with Crippen LogP contribution in [0.1, 0.15) is 0 Å². The lowest BCUT2D eigenvalue weighted by atomic mass is 11.1. The Kier molecular flexibility index (Phi) is 21.0. The molecule has 0 amide bonds. The minimum absolute atomic E-state index is 1.22. The topological polar surface area (TPSA) is 9.23 Å². The molecule has 0 saturated heterocycles. The van der Waals surface area contributed by atoms with E-state index in [1.807, 2.05) is 0 Å². The number of rotatable bonds is 2. The number of halogens is 1. The van der Waals surface area contributed by atoms with E-state index in [1.165, 1.54) is 18.1 Å². The molecule has 0 radical (unpaired) electrons. The van der Waals surface area contributed by atoms with Crippen LogP contribution in [0.3, 0.4) is 0 Å². The molecular formula is C6H9ClO. The van der Waals surface area contributed by atoms with E-state index in [1.54, 1.807) is 0 Å². The molecule has 0 spiro atoms. The summed E-state index contributed by atoms with van der Waals surface area (Å²) >= 11 is 4.76. The van der Waals surface area contributed by atoms with Crippen LogP contribution < -0.4 is 0 Å². The van der Waals surface area contributed by atoms with Gasteiger partial charge in [-0.15, -0.1) is 0 Å². The molecule has 0 aliphatic rings. The fraction of sp³-hybridized carbons (Fsp3) is 0. The Labute approximate surface area is 54.9 Å². The fourth-order valence-corrected chi connectivity index (χ4v) is 0.0680. The second-order valence-electron chi connectivity index (χ2n) is 0.624. The third-order valence-electron chi connectivity index (χ3n) is 0.192. The lowest BCUT2D eigenvalue weighted by Crippen LogP contribution is -1.52. The van der Waals surface area contributed by atoms with Crippen LogP contribution in [0.5, 0.6) is 0 Å². The zero-order valence-electron chi connectivity index (χ0n) is 4.64. The lowest BCUT2D eigenvalue weighted by molar-refractivity contribution is 0.406. The molecule has 0 bridgehead atoms. The Morgan fingerprint density at radius 1 is 1.12 bits per heavy atom. The molecular weight excluding hydrogens is 124 g/mol. The van der Waals surface area contributed by atoms with Crippen molar-refractivity contribution in [2.24, 2.45) is 0 Å². The van der Waals surface area contributed by atoms with Crippen molar-refractivity contribution in [3.8, 4) is 0 Å². The summed E-state index contributed by atoms with van der Waals surface area (Å²) < 4.78 is 4.36. The zero-order valence-corrected chi connectivity index (χ0v) is 5.40. The Morgan fingerprint density at radius 2 is 1.38 bits per heavy atom. The average molecular weight is 133 g/mol. The van der Waals surface area contributed by atoms with Gasteiger partial charge in [0.05, 0.1) is 12.5 Å². The molecule has 8 heavy (non-hydrogen) atoms. The van der Waals surface area contributed by atoms with E-state index >= 15 is 0 Å². The first-order valence-electron chi connectivity index (χ1n) is 1.91. The van der Waals surface area contributed by atoms with E-state index in [0.29, 0.717) is 0 Å². The highest BCUT2D eigenvalue weighted by Gasteiger charge is 1.45. The van der Waals surface area contributed by atoms with Gasteiger partial charge < -0.3 is 4.74 Å². The summed E-state index contributed by atoms with van der Waals surface area (Å²) in [5, 5.41) is 0. The molecule has 0 fully saturated rings. The highest BCUT2D eigenvalue weighted by Crippen LogP contribution is 1.65. The Bertz CT molecular complexity index is 62.9. The summed E-state index contributed by atoms with van der Waals surface area (Å²) in [6, 6.07) is 0. The van der Waals surface area contributed by atoms with Crippen molar-refractivity contribution in [2.75, 3.05) is 0 Å². The molecule has 0 atom stereocenters. The first kappa shape index (κ1) is 10.3. The second-order valence-corrected chi connectivity index (χ2v) is 0.932. The molecule has 0 aliphatic heterocycles. The van der Waals surface area contributed by atoms with E-state index in [2.05, 4.69) is 24.5 Å². The molecule has 0 heterocycles. The van der Waals surface area contributed by atoms with Gasteiger partial charge >= 0.3 is 0 Å². The van der Waals surface area contributed by atoms with Crippen molar-refractivity contribution in [1.29, 1.82) is 0 Å². The Morgan fingerprint density at radius 3 is 1.38 bits per heavy atom. The molecule has 0 aromatic carbocycles. The van der Waals surface area contributed by atoms with Gasteiger partial charge in [0, 0.05) is 0 Å². The maximum absolute atomic E-state index is 4.76. The number of hydrogen-bond acceptors (Lipinski definition) is 1. The number of ether oxygens (including phenoxy) is 1. The van der Waals surface area contributed by atoms with Crippen LogP contribution in [0.2, 0.25) is 0 Å². The van der Waals surface area contributed by atoms with E-state index in [0.717, 1.165) is 0 Å². The number of hydrogen-bond donors (Lipinski definition) is 0. The first-order valence-corrected chi connectivity index (χ1v) is 2.35. The van der Waals surface area contributed by atoms with Crippen molar-refractivity contribution in [3.05, 3.63) is 37.8 Å². The third-order valence-corrected chi connectivity index (χ3v) is 0.192.